The van der Waals surface area contributed by atoms with Gasteiger partial charge in [0.15, 0.2) is 0 Å². The Balaban J connectivity index is 0.000000380. The lowest BCUT2D eigenvalue weighted by atomic mass is 9.70. The number of thioether (sulfide) groups is 1. The molecule has 546 valence electrons. The highest BCUT2D eigenvalue weighted by atomic mass is 32.2. The molecular weight excluding hydrogens is 1250 g/mol. The lowest BCUT2D eigenvalue weighted by Gasteiger charge is -2.34. The maximum atomic E-state index is 13.7. The van der Waals surface area contributed by atoms with E-state index in [2.05, 4.69) is 93.1 Å². The summed E-state index contributed by atoms with van der Waals surface area (Å²) < 4.78 is 11.5. The molecule has 6 rings (SSSR count). The number of phenols is 6. The van der Waals surface area contributed by atoms with Crippen molar-refractivity contribution >= 4 is 23.7 Å². The van der Waals surface area contributed by atoms with Gasteiger partial charge in [-0.25, -0.2) is 0 Å². The molecule has 6 aromatic rings. The molecule has 0 spiro atoms. The van der Waals surface area contributed by atoms with Crippen LogP contribution in [0.2, 0.25) is 0 Å². The molecule has 6 N–H and O–H groups in total. The molecule has 0 saturated carbocycles. The number of phenolic OH excluding ortho intramolecular Hbond substituents is 6. The molecule has 10 nitrogen and oxygen atoms in total. The Kier molecular flexibility index (Phi) is 28.5. The summed E-state index contributed by atoms with van der Waals surface area (Å²) in [6, 6.07) is 30.1. The molecule has 1 unspecified atom stereocenters. The van der Waals surface area contributed by atoms with Crippen LogP contribution in [0, 0.1) is 13.8 Å². The summed E-state index contributed by atoms with van der Waals surface area (Å²) in [5.41, 5.74) is 9.42. The van der Waals surface area contributed by atoms with Gasteiger partial charge in [-0.2, -0.15) is 11.8 Å². The van der Waals surface area contributed by atoms with Crippen molar-refractivity contribution in [2.75, 3.05) is 19.0 Å². The van der Waals surface area contributed by atoms with E-state index in [9.17, 15) is 40.2 Å². The van der Waals surface area contributed by atoms with E-state index in [4.69, 9.17) is 9.47 Å². The number of hydrogen-bond acceptors (Lipinski definition) is 11. The topological polar surface area (TPSA) is 174 Å². The minimum Gasteiger partial charge on any atom is -0.508 e. The number of benzene rings is 6. The summed E-state index contributed by atoms with van der Waals surface area (Å²) in [5, 5.41) is 65.4. The lowest BCUT2D eigenvalue weighted by Crippen LogP contribution is -2.31. The van der Waals surface area contributed by atoms with Crippen LogP contribution >= 0.6 is 11.8 Å². The fourth-order valence-electron chi connectivity index (χ4n) is 13.7. The van der Waals surface area contributed by atoms with Gasteiger partial charge in [-0.3, -0.25) is 9.59 Å². The maximum absolute atomic E-state index is 13.7. The smallest absolute Gasteiger partial charge is 0.307 e. The predicted molar refractivity (Wildman–Crippen MR) is 415 cm³/mol. The van der Waals surface area contributed by atoms with Gasteiger partial charge in [-0.05, 0) is 179 Å². The Labute approximate surface area is 602 Å². The molecule has 0 fully saturated rings. The van der Waals surface area contributed by atoms with E-state index < -0.39 is 22.8 Å². The third kappa shape index (κ3) is 22.7. The fraction of sp³-hybridized carbons (Fsp3) is 0.568. The van der Waals surface area contributed by atoms with Gasteiger partial charge in [-0.1, -0.05) is 271 Å². The average molecular weight is 1380 g/mol. The van der Waals surface area contributed by atoms with E-state index in [0.29, 0.717) is 16.7 Å². The first-order valence-electron chi connectivity index (χ1n) is 36.6. The highest BCUT2D eigenvalue weighted by Gasteiger charge is 2.39. The van der Waals surface area contributed by atoms with Crippen LogP contribution < -0.4 is 0 Å². The van der Waals surface area contributed by atoms with Crippen molar-refractivity contribution in [1.29, 1.82) is 0 Å². The average Bonchev–Trinajstić information content (AvgIpc) is 0.773. The van der Waals surface area contributed by atoms with Crippen LogP contribution in [0.3, 0.4) is 0 Å². The summed E-state index contributed by atoms with van der Waals surface area (Å²) in [6.07, 6.45) is 14.7. The molecule has 0 heterocycles. The molecule has 0 aliphatic carbocycles. The first-order chi connectivity index (χ1) is 45.6. The first kappa shape index (κ1) is 83.1. The van der Waals surface area contributed by atoms with Gasteiger partial charge in [0.1, 0.15) is 47.7 Å². The molecular formula is C88H128O10S. The van der Waals surface area contributed by atoms with E-state index in [1.165, 1.54) is 81.1 Å². The lowest BCUT2D eigenvalue weighted by molar-refractivity contribution is -0.153. The Bertz CT molecular complexity index is 3310. The van der Waals surface area contributed by atoms with Gasteiger partial charge in [0, 0.05) is 22.0 Å². The molecule has 0 aliphatic rings. The molecule has 99 heavy (non-hydrogen) atoms. The van der Waals surface area contributed by atoms with Crippen molar-refractivity contribution in [2.24, 2.45) is 0 Å². The molecule has 1 atom stereocenters. The minimum atomic E-state index is -0.914. The Morgan fingerprint density at radius 1 is 0.374 bits per heavy atom. The maximum Gasteiger partial charge on any atom is 0.307 e. The van der Waals surface area contributed by atoms with Crippen molar-refractivity contribution in [3.8, 4) is 34.5 Å². The standard InChI is InChI=1S/C50H66O8.C38H62O2S/c1-45(2,3)35-25-31(15-19-39(35)51)49(13,32-16-20-40(52)36(26-32)46(4,5)6)29-43(55)57-23-24-58-44(56)30-50(14,33-17-21-41(53)37(27-33)47(7,8)9)34-18-22-42(54)38(28-34)48(10,11)12;1-11-12-13-14-15-16-17-18-19-20-21-41-29(4)24-32(30-25-33(37(5,6)7)35(39)22-27(30)2)31-26-34(38(8,9)10)36(40)23-28(31)3/h15-22,25-28,51-54H,23-24,29-30H2,1-14H3;22-23,25-26,29,32,39-40H,11-21,24H2,1-10H3. The number of unbranched alkanes of at least 4 members (excludes halogenated alkanes) is 9. The van der Waals surface area contributed by atoms with Crippen LogP contribution in [0.15, 0.2) is 97.1 Å². The zero-order valence-corrected chi connectivity index (χ0v) is 66.2. The molecule has 0 radical (unpaired) electrons. The van der Waals surface area contributed by atoms with Crippen LogP contribution in [0.25, 0.3) is 0 Å². The molecule has 6 aromatic carbocycles. The van der Waals surface area contributed by atoms with Gasteiger partial charge in [0.25, 0.3) is 0 Å². The number of carbonyl (C=O) groups is 2. The van der Waals surface area contributed by atoms with Gasteiger partial charge < -0.3 is 40.1 Å². The van der Waals surface area contributed by atoms with E-state index in [0.717, 1.165) is 73.2 Å². The summed E-state index contributed by atoms with van der Waals surface area (Å²) in [4.78, 5) is 27.4. The zero-order chi connectivity index (χ0) is 74.6. The van der Waals surface area contributed by atoms with Crippen LogP contribution in [0.5, 0.6) is 34.5 Å². The second-order valence-electron chi connectivity index (χ2n) is 35.0. The Morgan fingerprint density at radius 3 is 0.909 bits per heavy atom. The fourth-order valence-corrected chi connectivity index (χ4v) is 14.8. The number of rotatable bonds is 27. The second kappa shape index (κ2) is 33.9. The number of aryl methyl sites for hydroxylation is 2. The normalized spacial score (nSPS) is 13.1. The largest absolute Gasteiger partial charge is 0.508 e. The molecule has 11 heteroatoms. The number of aromatic hydroxyl groups is 6. The Hall–Kier alpha value is -6.59. The van der Waals surface area contributed by atoms with Crippen molar-refractivity contribution in [3.63, 3.8) is 0 Å². The number of ether oxygens (including phenoxy) is 2. The number of esters is 2. The number of hydrogen-bond donors (Lipinski definition) is 6. The van der Waals surface area contributed by atoms with Crippen molar-refractivity contribution in [1.82, 2.24) is 0 Å². The third-order valence-corrected chi connectivity index (χ3v) is 21.3. The van der Waals surface area contributed by atoms with E-state index >= 15 is 0 Å². The van der Waals surface area contributed by atoms with Crippen LogP contribution in [0.4, 0.5) is 0 Å². The summed E-state index contributed by atoms with van der Waals surface area (Å²) in [7, 11) is 0. The summed E-state index contributed by atoms with van der Waals surface area (Å²) >= 11 is 2.11. The van der Waals surface area contributed by atoms with Crippen LogP contribution in [-0.2, 0) is 62.4 Å². The molecule has 0 aliphatic heterocycles. The van der Waals surface area contributed by atoms with Gasteiger partial charge in [0.05, 0.1) is 12.8 Å². The van der Waals surface area contributed by atoms with Crippen LogP contribution in [-0.4, -0.2) is 66.8 Å². The van der Waals surface area contributed by atoms with Crippen molar-refractivity contribution < 1.29 is 49.7 Å². The molecule has 0 aromatic heterocycles. The van der Waals surface area contributed by atoms with Gasteiger partial charge in [0.2, 0.25) is 0 Å². The quantitative estimate of drug-likeness (QED) is 0.0214. The Morgan fingerprint density at radius 2 is 0.636 bits per heavy atom. The van der Waals surface area contributed by atoms with Crippen LogP contribution in [0.1, 0.15) is 320 Å². The predicted octanol–water partition coefficient (Wildman–Crippen LogP) is 22.8. The third-order valence-electron chi connectivity index (χ3n) is 20.0. The summed E-state index contributed by atoms with van der Waals surface area (Å²) in [5.74, 6) is 1.86. The molecule has 0 bridgehead atoms. The van der Waals surface area contributed by atoms with Gasteiger partial charge >= 0.3 is 11.9 Å². The monoisotopic (exact) mass is 1380 g/mol. The van der Waals surface area contributed by atoms with Crippen molar-refractivity contribution in [3.05, 3.63) is 175 Å². The van der Waals surface area contributed by atoms with E-state index in [1.807, 2.05) is 158 Å². The highest BCUT2D eigenvalue weighted by Crippen LogP contribution is 2.48. The van der Waals surface area contributed by atoms with Crippen molar-refractivity contribution in [2.45, 2.75) is 304 Å². The first-order valence-corrected chi connectivity index (χ1v) is 37.7. The van der Waals surface area contributed by atoms with E-state index in [1.54, 1.807) is 24.3 Å². The molecule has 0 saturated heterocycles. The molecule has 0 amide bonds. The minimum absolute atomic E-state index is 0.0599. The highest BCUT2D eigenvalue weighted by molar-refractivity contribution is 7.99. The second-order valence-corrected chi connectivity index (χ2v) is 36.5. The SMILES string of the molecule is CC(C)(C)c1cc(C(C)(CC(=O)OCCOC(=O)CC(C)(c2ccc(O)c(C(C)(C)C)c2)c2ccc(O)c(C(C)(C)C)c2)c2ccc(O)c(C(C)(C)C)c2)ccc1O.CCCCCCCCCCCCSC(C)CC(c1cc(C(C)(C)C)c(O)cc1C)c1cc(C(C)(C)C)c(O)cc1C. The van der Waals surface area contributed by atoms with E-state index in [-0.39, 0.29) is 87.5 Å². The zero-order valence-electron chi connectivity index (χ0n) is 65.4. The number of carbonyl (C=O) groups excluding carboxylic acids is 2. The summed E-state index contributed by atoms with van der Waals surface area (Å²) in [6.45, 7) is 49.7. The van der Waals surface area contributed by atoms with Gasteiger partial charge in [-0.15, -0.1) is 0 Å².